The number of carboxylic acids is 2. The summed E-state index contributed by atoms with van der Waals surface area (Å²) in [6.07, 6.45) is 17.5. The maximum Gasteiger partial charge on any atom is 0.315 e. The van der Waals surface area contributed by atoms with Crippen LogP contribution in [0, 0.1) is 5.41 Å². The van der Waals surface area contributed by atoms with Gasteiger partial charge in [-0.2, -0.15) is 0 Å². The monoisotopic (exact) mass is 427 g/mol. The lowest BCUT2D eigenvalue weighted by molar-refractivity contribution is -0.923. The Morgan fingerprint density at radius 3 is 1.33 bits per heavy atom. The summed E-state index contributed by atoms with van der Waals surface area (Å²) in [6.45, 7) is 5.28. The number of unbranched alkanes of at least 4 members (excludes halogenated alkanes) is 13. The quantitative estimate of drug-likeness (QED) is 0.228. The molecule has 0 aromatic heterocycles. The van der Waals surface area contributed by atoms with Crippen LogP contribution in [0.5, 0.6) is 0 Å². The van der Waals surface area contributed by atoms with Crippen molar-refractivity contribution in [3.05, 3.63) is 0 Å². The van der Waals surface area contributed by atoms with E-state index in [4.69, 9.17) is 0 Å². The largest absolute Gasteiger partial charge is 0.544 e. The van der Waals surface area contributed by atoms with Gasteiger partial charge >= 0.3 is 5.97 Å². The lowest BCUT2D eigenvalue weighted by Gasteiger charge is -2.53. The zero-order valence-electron chi connectivity index (χ0n) is 20.7. The first-order valence-electron chi connectivity index (χ1n) is 12.2. The molecule has 5 nitrogen and oxygen atoms in total. The van der Waals surface area contributed by atoms with E-state index in [0.29, 0.717) is 12.8 Å². The van der Waals surface area contributed by atoms with Gasteiger partial charge in [-0.1, -0.05) is 90.4 Å². The molecule has 0 rings (SSSR count). The van der Waals surface area contributed by atoms with Crippen LogP contribution < -0.4 is 5.11 Å². The molecular weight excluding hydrogens is 378 g/mol. The van der Waals surface area contributed by atoms with Gasteiger partial charge in [-0.3, -0.25) is 4.79 Å². The summed E-state index contributed by atoms with van der Waals surface area (Å²) in [6, 6.07) is 0. The van der Waals surface area contributed by atoms with Crippen LogP contribution in [-0.2, 0) is 9.59 Å². The van der Waals surface area contributed by atoms with E-state index >= 15 is 0 Å². The lowest BCUT2D eigenvalue weighted by atomic mass is 9.67. The van der Waals surface area contributed by atoms with Gasteiger partial charge in [0.1, 0.15) is 11.4 Å². The van der Waals surface area contributed by atoms with Gasteiger partial charge in [0.25, 0.3) is 0 Å². The van der Waals surface area contributed by atoms with Gasteiger partial charge in [0.15, 0.2) is 5.54 Å². The van der Waals surface area contributed by atoms with E-state index in [1.165, 1.54) is 84.5 Å². The average Bonchev–Trinajstić information content (AvgIpc) is 2.63. The topological polar surface area (TPSA) is 77.4 Å². The van der Waals surface area contributed by atoms with Gasteiger partial charge in [-0.15, -0.1) is 0 Å². The first-order valence-corrected chi connectivity index (χ1v) is 12.2. The smallest absolute Gasteiger partial charge is 0.315 e. The van der Waals surface area contributed by atoms with Crippen molar-refractivity contribution in [2.45, 2.75) is 123 Å². The fourth-order valence-electron chi connectivity index (χ4n) is 4.87. The molecule has 1 atom stereocenters. The second kappa shape index (κ2) is 14.1. The lowest BCUT2D eigenvalue weighted by Crippen LogP contribution is -2.74. The van der Waals surface area contributed by atoms with Crippen molar-refractivity contribution in [2.24, 2.45) is 5.41 Å². The molecule has 0 aliphatic heterocycles. The van der Waals surface area contributed by atoms with Gasteiger partial charge in [0, 0.05) is 6.42 Å². The Morgan fingerprint density at radius 2 is 1.07 bits per heavy atom. The zero-order chi connectivity index (χ0) is 23.3. The van der Waals surface area contributed by atoms with E-state index in [-0.39, 0.29) is 4.48 Å². The van der Waals surface area contributed by atoms with Crippen LogP contribution in [0.15, 0.2) is 0 Å². The second-order valence-corrected chi connectivity index (χ2v) is 10.4. The standard InChI is InChI=1S/C25H49NO4/c1-7-8-9-10-11-12-13-14-15-16-17-18-19-20-21-25(23(29)30,26(4,5)6)24(2,3)22(27)28/h7-21H2,1-6H3,(H-,27,28,29,30). The number of carbonyl (C=O) groups is 2. The van der Waals surface area contributed by atoms with E-state index in [9.17, 15) is 19.8 Å². The second-order valence-electron chi connectivity index (χ2n) is 10.4. The summed E-state index contributed by atoms with van der Waals surface area (Å²) in [7, 11) is 5.26. The van der Waals surface area contributed by atoms with Crippen molar-refractivity contribution >= 4 is 11.9 Å². The number of likely N-dealkylation sites (N-methyl/N-ethyl adjacent to an activating group) is 1. The van der Waals surface area contributed by atoms with E-state index in [2.05, 4.69) is 6.92 Å². The molecule has 0 radical (unpaired) electrons. The Balaban J connectivity index is 4.24. The average molecular weight is 428 g/mol. The zero-order valence-corrected chi connectivity index (χ0v) is 20.7. The van der Waals surface area contributed by atoms with E-state index in [1.807, 2.05) is 0 Å². The molecule has 0 aliphatic carbocycles. The number of nitrogens with zero attached hydrogens (tertiary/aromatic N) is 1. The first-order chi connectivity index (χ1) is 13.9. The first kappa shape index (κ1) is 28.9. The highest BCUT2D eigenvalue weighted by Gasteiger charge is 2.60. The van der Waals surface area contributed by atoms with Crippen LogP contribution in [0.1, 0.15) is 117 Å². The molecule has 0 aromatic rings. The third-order valence-corrected chi connectivity index (χ3v) is 6.94. The van der Waals surface area contributed by atoms with E-state index in [1.54, 1.807) is 21.1 Å². The molecular formula is C25H49NO4. The molecule has 0 fully saturated rings. The minimum absolute atomic E-state index is 0.0348. The van der Waals surface area contributed by atoms with Crippen molar-refractivity contribution in [1.29, 1.82) is 0 Å². The van der Waals surface area contributed by atoms with Crippen molar-refractivity contribution in [3.63, 3.8) is 0 Å². The van der Waals surface area contributed by atoms with Crippen LogP contribution in [0.3, 0.4) is 0 Å². The van der Waals surface area contributed by atoms with Crippen molar-refractivity contribution in [3.8, 4) is 0 Å². The highest BCUT2D eigenvalue weighted by atomic mass is 16.4. The van der Waals surface area contributed by atoms with Gasteiger partial charge in [0.05, 0.1) is 21.1 Å². The molecule has 0 amide bonds. The summed E-state index contributed by atoms with van der Waals surface area (Å²) in [5.41, 5.74) is -2.88. The number of aliphatic carboxylic acids is 2. The number of hydrogen-bond acceptors (Lipinski definition) is 3. The Hall–Kier alpha value is -1.10. The molecule has 0 spiro atoms. The summed E-state index contributed by atoms with van der Waals surface area (Å²) in [5.74, 6) is -2.36. The Morgan fingerprint density at radius 1 is 0.733 bits per heavy atom. The molecule has 0 saturated heterocycles. The molecule has 0 aromatic carbocycles. The number of rotatable bonds is 19. The van der Waals surface area contributed by atoms with Gasteiger partial charge in [-0.25, -0.2) is 0 Å². The molecule has 0 saturated carbocycles. The minimum atomic E-state index is -1.46. The maximum absolute atomic E-state index is 12.2. The highest BCUT2D eigenvalue weighted by Crippen LogP contribution is 2.42. The normalized spacial score (nSPS) is 14.5. The van der Waals surface area contributed by atoms with Crippen LogP contribution in [-0.4, -0.2) is 48.2 Å². The van der Waals surface area contributed by atoms with Crippen LogP contribution >= 0.6 is 0 Å². The highest BCUT2D eigenvalue weighted by molar-refractivity contribution is 5.87. The molecule has 1 N–H and O–H groups in total. The number of quaternary nitrogens is 1. The number of carbonyl (C=O) groups excluding carboxylic acids is 1. The molecule has 30 heavy (non-hydrogen) atoms. The Labute approximate surface area is 185 Å². The minimum Gasteiger partial charge on any atom is -0.544 e. The van der Waals surface area contributed by atoms with Crippen molar-refractivity contribution in [1.82, 2.24) is 0 Å². The third kappa shape index (κ3) is 8.56. The van der Waals surface area contributed by atoms with Gasteiger partial charge in [0.2, 0.25) is 0 Å². The van der Waals surface area contributed by atoms with Crippen LogP contribution in [0.25, 0.3) is 0 Å². The maximum atomic E-state index is 12.2. The van der Waals surface area contributed by atoms with Crippen LogP contribution in [0.2, 0.25) is 0 Å². The Kier molecular flexibility index (Phi) is 13.5. The van der Waals surface area contributed by atoms with E-state index < -0.39 is 22.9 Å². The van der Waals surface area contributed by atoms with Crippen LogP contribution in [0.4, 0.5) is 0 Å². The summed E-state index contributed by atoms with van der Waals surface area (Å²) in [5, 5.41) is 21.9. The van der Waals surface area contributed by atoms with E-state index in [0.717, 1.165) is 12.8 Å². The third-order valence-electron chi connectivity index (χ3n) is 6.94. The molecule has 0 aliphatic rings. The molecule has 0 bridgehead atoms. The molecule has 178 valence electrons. The van der Waals surface area contributed by atoms with Crippen molar-refractivity contribution in [2.75, 3.05) is 21.1 Å². The fraction of sp³-hybridized carbons (Fsp3) is 0.920. The summed E-state index contributed by atoms with van der Waals surface area (Å²) >= 11 is 0. The predicted octanol–water partition coefficient (Wildman–Crippen LogP) is 5.16. The fourth-order valence-corrected chi connectivity index (χ4v) is 4.87. The summed E-state index contributed by atoms with van der Waals surface area (Å²) in [4.78, 5) is 24.1. The number of hydrogen-bond donors (Lipinski definition) is 1. The van der Waals surface area contributed by atoms with Gasteiger partial charge < -0.3 is 19.5 Å². The van der Waals surface area contributed by atoms with Crippen molar-refractivity contribution < 1.29 is 24.3 Å². The SMILES string of the molecule is CCCCCCCCCCCCCCCCC(C(=O)[O-])(C(C)(C)C(=O)O)[N+](C)(C)C. The predicted molar refractivity (Wildman–Crippen MR) is 122 cm³/mol. The molecule has 5 heteroatoms. The molecule has 1 unspecified atom stereocenters. The van der Waals surface area contributed by atoms with Gasteiger partial charge in [-0.05, 0) is 20.3 Å². The Bertz CT molecular complexity index is 496. The number of carboxylic acid groups (broad SMARTS) is 2. The molecule has 0 heterocycles. The summed E-state index contributed by atoms with van der Waals surface area (Å²) < 4.78 is 0.0348.